The summed E-state index contributed by atoms with van der Waals surface area (Å²) < 4.78 is 16.4. The van der Waals surface area contributed by atoms with E-state index in [1.54, 1.807) is 7.11 Å². The second-order valence-electron chi connectivity index (χ2n) is 6.11. The van der Waals surface area contributed by atoms with Crippen LogP contribution in [-0.4, -0.2) is 39.4 Å². The van der Waals surface area contributed by atoms with Crippen LogP contribution >= 0.6 is 12.4 Å². The van der Waals surface area contributed by atoms with Crippen LogP contribution in [0.4, 0.5) is 0 Å². The molecular formula is C18H29ClN2O4. The van der Waals surface area contributed by atoms with E-state index in [0.29, 0.717) is 51.5 Å². The zero-order valence-corrected chi connectivity index (χ0v) is 15.8. The smallest absolute Gasteiger partial charge is 0.227 e. The molecule has 0 aromatic heterocycles. The Morgan fingerprint density at radius 3 is 2.64 bits per heavy atom. The van der Waals surface area contributed by atoms with E-state index in [0.717, 1.165) is 17.7 Å². The summed E-state index contributed by atoms with van der Waals surface area (Å²) in [7, 11) is 1.61. The lowest BCUT2D eigenvalue weighted by Crippen LogP contribution is -2.48. The molecule has 0 atom stereocenters. The van der Waals surface area contributed by atoms with Gasteiger partial charge in [0.2, 0.25) is 5.91 Å². The van der Waals surface area contributed by atoms with Crippen molar-refractivity contribution in [2.45, 2.75) is 32.7 Å². The molecule has 1 aromatic carbocycles. The van der Waals surface area contributed by atoms with Gasteiger partial charge in [0, 0.05) is 26.3 Å². The number of carbonyl (C=O) groups is 1. The monoisotopic (exact) mass is 372 g/mol. The fraction of sp³-hybridized carbons (Fsp3) is 0.611. The minimum Gasteiger partial charge on any atom is -0.493 e. The van der Waals surface area contributed by atoms with Crippen molar-refractivity contribution in [2.24, 2.45) is 11.1 Å². The molecule has 2 rings (SSSR count). The zero-order valence-electron chi connectivity index (χ0n) is 15.0. The van der Waals surface area contributed by atoms with Crippen LogP contribution in [0.3, 0.4) is 0 Å². The van der Waals surface area contributed by atoms with Gasteiger partial charge >= 0.3 is 0 Å². The summed E-state index contributed by atoms with van der Waals surface area (Å²) in [5.74, 6) is 1.39. The van der Waals surface area contributed by atoms with E-state index in [9.17, 15) is 4.79 Å². The Morgan fingerprint density at radius 2 is 2.04 bits per heavy atom. The Hall–Kier alpha value is -1.50. The zero-order chi connectivity index (χ0) is 17.4. The third kappa shape index (κ3) is 5.49. The standard InChI is InChI=1S/C18H28N2O4.ClH/c1-3-8-24-15-5-4-14(11-16(15)22-2)12-20-17(21)18(13-19)6-9-23-10-7-18;/h4-5,11H,3,6-10,12-13,19H2,1-2H3,(H,20,21);1H. The van der Waals surface area contributed by atoms with Crippen LogP contribution in [0, 0.1) is 5.41 Å². The Labute approximate surface area is 155 Å². The van der Waals surface area contributed by atoms with Gasteiger partial charge in [-0.1, -0.05) is 13.0 Å². The third-order valence-electron chi connectivity index (χ3n) is 4.47. The first-order valence-corrected chi connectivity index (χ1v) is 8.51. The summed E-state index contributed by atoms with van der Waals surface area (Å²) in [5, 5.41) is 3.00. The summed E-state index contributed by atoms with van der Waals surface area (Å²) in [6.45, 7) is 4.65. The first kappa shape index (κ1) is 21.5. The molecule has 0 bridgehead atoms. The van der Waals surface area contributed by atoms with E-state index in [1.807, 2.05) is 18.2 Å². The van der Waals surface area contributed by atoms with Gasteiger partial charge in [0.05, 0.1) is 19.1 Å². The molecule has 0 radical (unpaired) electrons. The van der Waals surface area contributed by atoms with Gasteiger partial charge < -0.3 is 25.3 Å². The molecule has 1 aromatic rings. The van der Waals surface area contributed by atoms with Gasteiger partial charge in [0.1, 0.15) is 0 Å². The quantitative estimate of drug-likeness (QED) is 0.731. The largest absolute Gasteiger partial charge is 0.493 e. The number of hydrogen-bond acceptors (Lipinski definition) is 5. The molecule has 1 aliphatic heterocycles. The number of halogens is 1. The maximum Gasteiger partial charge on any atom is 0.227 e. The minimum absolute atomic E-state index is 0. The van der Waals surface area contributed by atoms with E-state index < -0.39 is 5.41 Å². The van der Waals surface area contributed by atoms with Crippen LogP contribution in [0.1, 0.15) is 31.7 Å². The molecule has 1 heterocycles. The van der Waals surface area contributed by atoms with Crippen LogP contribution in [0.25, 0.3) is 0 Å². The molecule has 142 valence electrons. The minimum atomic E-state index is -0.507. The van der Waals surface area contributed by atoms with Crippen molar-refractivity contribution in [3.63, 3.8) is 0 Å². The predicted octanol–water partition coefficient (Wildman–Crippen LogP) is 2.28. The number of carbonyl (C=O) groups excluding carboxylic acids is 1. The first-order chi connectivity index (χ1) is 11.6. The van der Waals surface area contributed by atoms with Crippen molar-refractivity contribution in [3.8, 4) is 11.5 Å². The van der Waals surface area contributed by atoms with Crippen molar-refractivity contribution in [1.29, 1.82) is 0 Å². The lowest BCUT2D eigenvalue weighted by atomic mass is 9.79. The average Bonchev–Trinajstić information content (AvgIpc) is 2.65. The van der Waals surface area contributed by atoms with Gasteiger partial charge in [-0.3, -0.25) is 4.79 Å². The number of benzene rings is 1. The number of nitrogens with one attached hydrogen (secondary N) is 1. The number of amides is 1. The van der Waals surface area contributed by atoms with Gasteiger partial charge in [0.25, 0.3) is 0 Å². The van der Waals surface area contributed by atoms with Crippen molar-refractivity contribution in [2.75, 3.05) is 33.5 Å². The van der Waals surface area contributed by atoms with E-state index in [-0.39, 0.29) is 18.3 Å². The highest BCUT2D eigenvalue weighted by atomic mass is 35.5. The molecule has 7 heteroatoms. The molecule has 1 fully saturated rings. The molecule has 3 N–H and O–H groups in total. The fourth-order valence-electron chi connectivity index (χ4n) is 2.81. The van der Waals surface area contributed by atoms with Crippen LogP contribution < -0.4 is 20.5 Å². The lowest BCUT2D eigenvalue weighted by molar-refractivity contribution is -0.136. The molecule has 0 unspecified atom stereocenters. The fourth-order valence-corrected chi connectivity index (χ4v) is 2.81. The molecule has 25 heavy (non-hydrogen) atoms. The molecule has 0 spiro atoms. The van der Waals surface area contributed by atoms with Crippen molar-refractivity contribution in [3.05, 3.63) is 23.8 Å². The van der Waals surface area contributed by atoms with Crippen LogP contribution in [0.2, 0.25) is 0 Å². The van der Waals surface area contributed by atoms with E-state index in [4.69, 9.17) is 19.9 Å². The summed E-state index contributed by atoms with van der Waals surface area (Å²) in [5.41, 5.74) is 6.32. The van der Waals surface area contributed by atoms with Gasteiger partial charge in [-0.05, 0) is 37.0 Å². The maximum atomic E-state index is 12.6. The maximum absolute atomic E-state index is 12.6. The Balaban J connectivity index is 0.00000312. The molecule has 6 nitrogen and oxygen atoms in total. The Bertz CT molecular complexity index is 548. The average molecular weight is 373 g/mol. The van der Waals surface area contributed by atoms with E-state index >= 15 is 0 Å². The van der Waals surface area contributed by atoms with Gasteiger partial charge in [-0.25, -0.2) is 0 Å². The molecule has 1 amide bonds. The molecule has 0 saturated carbocycles. The number of ether oxygens (including phenoxy) is 3. The summed E-state index contributed by atoms with van der Waals surface area (Å²) in [4.78, 5) is 12.6. The molecule has 1 saturated heterocycles. The third-order valence-corrected chi connectivity index (χ3v) is 4.47. The summed E-state index contributed by atoms with van der Waals surface area (Å²) >= 11 is 0. The van der Waals surface area contributed by atoms with Crippen molar-refractivity contribution < 1.29 is 19.0 Å². The van der Waals surface area contributed by atoms with Gasteiger partial charge in [-0.2, -0.15) is 0 Å². The number of nitrogens with two attached hydrogens (primary N) is 1. The first-order valence-electron chi connectivity index (χ1n) is 8.51. The number of rotatable bonds is 8. The second kappa shape index (κ2) is 10.5. The van der Waals surface area contributed by atoms with Crippen molar-refractivity contribution >= 4 is 18.3 Å². The molecular weight excluding hydrogens is 344 g/mol. The number of methoxy groups -OCH3 is 1. The highest BCUT2D eigenvalue weighted by Crippen LogP contribution is 2.30. The SMILES string of the molecule is CCCOc1ccc(CNC(=O)C2(CN)CCOCC2)cc1OC.Cl. The lowest BCUT2D eigenvalue weighted by Gasteiger charge is -2.34. The summed E-state index contributed by atoms with van der Waals surface area (Å²) in [6, 6.07) is 5.71. The van der Waals surface area contributed by atoms with Gasteiger partial charge in [-0.15, -0.1) is 12.4 Å². The Morgan fingerprint density at radius 1 is 1.32 bits per heavy atom. The Kier molecular flexibility index (Phi) is 9.03. The summed E-state index contributed by atoms with van der Waals surface area (Å²) in [6.07, 6.45) is 2.27. The molecule has 0 aliphatic carbocycles. The normalized spacial score (nSPS) is 15.8. The van der Waals surface area contributed by atoms with Crippen molar-refractivity contribution in [1.82, 2.24) is 5.32 Å². The van der Waals surface area contributed by atoms with E-state index in [2.05, 4.69) is 12.2 Å². The van der Waals surface area contributed by atoms with Crippen LogP contribution in [0.5, 0.6) is 11.5 Å². The number of hydrogen-bond donors (Lipinski definition) is 2. The van der Waals surface area contributed by atoms with Gasteiger partial charge in [0.15, 0.2) is 11.5 Å². The van der Waals surface area contributed by atoms with E-state index in [1.165, 1.54) is 0 Å². The highest BCUT2D eigenvalue weighted by molar-refractivity contribution is 5.85. The predicted molar refractivity (Wildman–Crippen MR) is 99.4 cm³/mol. The highest BCUT2D eigenvalue weighted by Gasteiger charge is 2.38. The second-order valence-corrected chi connectivity index (χ2v) is 6.11. The molecule has 1 aliphatic rings. The van der Waals surface area contributed by atoms with Crippen LogP contribution in [-0.2, 0) is 16.1 Å². The van der Waals surface area contributed by atoms with Crippen LogP contribution in [0.15, 0.2) is 18.2 Å². The topological polar surface area (TPSA) is 82.8 Å².